The number of urea groups is 1. The first-order valence-electron chi connectivity index (χ1n) is 11.1. The molecule has 0 aromatic heterocycles. The van der Waals surface area contributed by atoms with Gasteiger partial charge >= 0.3 is 6.03 Å². The van der Waals surface area contributed by atoms with Crippen molar-refractivity contribution in [3.63, 3.8) is 0 Å². The fourth-order valence-electron chi connectivity index (χ4n) is 3.84. The van der Waals surface area contributed by atoms with Crippen LogP contribution in [0.4, 0.5) is 4.79 Å². The van der Waals surface area contributed by atoms with Crippen molar-refractivity contribution in [2.24, 2.45) is 5.92 Å². The van der Waals surface area contributed by atoms with Crippen LogP contribution in [0.5, 0.6) is 0 Å². The van der Waals surface area contributed by atoms with Crippen molar-refractivity contribution in [2.75, 3.05) is 13.1 Å². The van der Waals surface area contributed by atoms with Gasteiger partial charge in [0.05, 0.1) is 0 Å². The van der Waals surface area contributed by atoms with Crippen LogP contribution >= 0.6 is 0 Å². The second kappa shape index (κ2) is 11.6. The van der Waals surface area contributed by atoms with Crippen LogP contribution in [-0.2, 0) is 11.3 Å². The molecule has 1 aliphatic rings. The van der Waals surface area contributed by atoms with E-state index in [-0.39, 0.29) is 35.8 Å². The molecule has 0 heterocycles. The predicted octanol–water partition coefficient (Wildman–Crippen LogP) is 3.05. The molecule has 0 aliphatic heterocycles. The molecule has 2 rings (SSSR count). The number of amides is 4. The van der Waals surface area contributed by atoms with Crippen LogP contribution in [0.3, 0.4) is 0 Å². The monoisotopic (exact) mass is 416 g/mol. The van der Waals surface area contributed by atoms with Gasteiger partial charge in [-0.15, -0.1) is 0 Å². The first-order valence-corrected chi connectivity index (χ1v) is 11.1. The highest BCUT2D eigenvalue weighted by Gasteiger charge is 2.28. The Balaban J connectivity index is 1.80. The number of hydrogen-bond acceptors (Lipinski definition) is 3. The molecule has 1 aromatic rings. The molecule has 30 heavy (non-hydrogen) atoms. The Bertz CT molecular complexity index is 714. The zero-order chi connectivity index (χ0) is 22.1. The highest BCUT2D eigenvalue weighted by molar-refractivity contribution is 5.94. The summed E-state index contributed by atoms with van der Waals surface area (Å²) in [5.74, 6) is 0.0594. The second-order valence-corrected chi connectivity index (χ2v) is 8.23. The summed E-state index contributed by atoms with van der Waals surface area (Å²) in [4.78, 5) is 38.7. The molecule has 0 spiro atoms. The van der Waals surface area contributed by atoms with E-state index in [2.05, 4.69) is 16.0 Å². The molecule has 1 aliphatic carbocycles. The van der Waals surface area contributed by atoms with Gasteiger partial charge in [0, 0.05) is 43.2 Å². The summed E-state index contributed by atoms with van der Waals surface area (Å²) < 4.78 is 0. The fourth-order valence-corrected chi connectivity index (χ4v) is 3.84. The van der Waals surface area contributed by atoms with E-state index in [1.54, 1.807) is 17.0 Å². The molecular formula is C23H36N4O3. The van der Waals surface area contributed by atoms with Gasteiger partial charge in [-0.05, 0) is 64.7 Å². The molecule has 1 saturated carbocycles. The van der Waals surface area contributed by atoms with Gasteiger partial charge in [0.1, 0.15) is 0 Å². The van der Waals surface area contributed by atoms with E-state index in [1.807, 2.05) is 39.8 Å². The van der Waals surface area contributed by atoms with Crippen LogP contribution in [0.25, 0.3) is 0 Å². The van der Waals surface area contributed by atoms with Gasteiger partial charge in [0.2, 0.25) is 5.91 Å². The molecule has 2 atom stereocenters. The molecule has 0 radical (unpaired) electrons. The first-order chi connectivity index (χ1) is 14.3. The van der Waals surface area contributed by atoms with Crippen molar-refractivity contribution in [1.82, 2.24) is 20.9 Å². The molecule has 1 fully saturated rings. The maximum absolute atomic E-state index is 12.4. The van der Waals surface area contributed by atoms with E-state index < -0.39 is 0 Å². The van der Waals surface area contributed by atoms with Crippen molar-refractivity contribution in [2.45, 2.75) is 72.0 Å². The fraction of sp³-hybridized carbons (Fsp3) is 0.609. The minimum absolute atomic E-state index is 0.00994. The lowest BCUT2D eigenvalue weighted by molar-refractivity contribution is -0.126. The van der Waals surface area contributed by atoms with Crippen LogP contribution in [0.15, 0.2) is 24.3 Å². The van der Waals surface area contributed by atoms with Crippen molar-refractivity contribution >= 4 is 17.8 Å². The molecule has 0 saturated heterocycles. The lowest BCUT2D eigenvalue weighted by Gasteiger charge is -2.29. The largest absolute Gasteiger partial charge is 0.354 e. The van der Waals surface area contributed by atoms with Gasteiger partial charge in [0.25, 0.3) is 5.91 Å². The smallest absolute Gasteiger partial charge is 0.315 e. The maximum atomic E-state index is 12.4. The SMILES string of the molecule is CCN(CC)C(=O)c1ccc(CNC(=O)NC2CCCC(C(=O)NC(C)C)C2)cc1. The normalized spacial score (nSPS) is 18.6. The number of benzene rings is 1. The van der Waals surface area contributed by atoms with Crippen LogP contribution in [0, 0.1) is 5.92 Å². The topological polar surface area (TPSA) is 90.5 Å². The highest BCUT2D eigenvalue weighted by Crippen LogP contribution is 2.24. The van der Waals surface area contributed by atoms with Gasteiger partial charge < -0.3 is 20.9 Å². The van der Waals surface area contributed by atoms with Crippen LogP contribution in [0.2, 0.25) is 0 Å². The van der Waals surface area contributed by atoms with Gasteiger partial charge in [-0.1, -0.05) is 18.6 Å². The van der Waals surface area contributed by atoms with Crippen molar-refractivity contribution < 1.29 is 14.4 Å². The average molecular weight is 417 g/mol. The third-order valence-electron chi connectivity index (χ3n) is 5.52. The van der Waals surface area contributed by atoms with E-state index in [0.717, 1.165) is 24.8 Å². The number of carbonyl (C=O) groups is 3. The molecule has 0 bridgehead atoms. The molecule has 7 heteroatoms. The van der Waals surface area contributed by atoms with E-state index in [4.69, 9.17) is 0 Å². The van der Waals surface area contributed by atoms with Crippen molar-refractivity contribution in [1.29, 1.82) is 0 Å². The first kappa shape index (κ1) is 23.7. The maximum Gasteiger partial charge on any atom is 0.315 e. The minimum Gasteiger partial charge on any atom is -0.354 e. The van der Waals surface area contributed by atoms with Crippen LogP contribution < -0.4 is 16.0 Å². The summed E-state index contributed by atoms with van der Waals surface area (Å²) in [5, 5.41) is 8.83. The molecular weight excluding hydrogens is 380 g/mol. The number of rotatable bonds is 8. The Hall–Kier alpha value is -2.57. The third-order valence-corrected chi connectivity index (χ3v) is 5.52. The summed E-state index contributed by atoms with van der Waals surface area (Å²) in [5.41, 5.74) is 1.58. The zero-order valence-corrected chi connectivity index (χ0v) is 18.7. The standard InChI is InChI=1S/C23H36N4O3/c1-5-27(6-2)22(29)18-12-10-17(11-13-18)15-24-23(30)26-20-9-7-8-19(14-20)21(28)25-16(3)4/h10-13,16,19-20H,5-9,14-15H2,1-4H3,(H,25,28)(H2,24,26,30). The minimum atomic E-state index is -0.229. The van der Waals surface area contributed by atoms with E-state index >= 15 is 0 Å². The van der Waals surface area contributed by atoms with Gasteiger partial charge in [-0.25, -0.2) is 4.79 Å². The molecule has 2 unspecified atom stereocenters. The van der Waals surface area contributed by atoms with E-state index in [1.165, 1.54) is 0 Å². The Kier molecular flexibility index (Phi) is 9.15. The Morgan fingerprint density at radius 1 is 1.07 bits per heavy atom. The molecule has 3 N–H and O–H groups in total. The number of nitrogens with one attached hydrogen (secondary N) is 3. The number of nitrogens with zero attached hydrogens (tertiary/aromatic N) is 1. The summed E-state index contributed by atoms with van der Waals surface area (Å²) >= 11 is 0. The predicted molar refractivity (Wildman–Crippen MR) is 118 cm³/mol. The quantitative estimate of drug-likeness (QED) is 0.608. The highest BCUT2D eigenvalue weighted by atomic mass is 16.2. The van der Waals surface area contributed by atoms with Gasteiger partial charge in [-0.3, -0.25) is 9.59 Å². The van der Waals surface area contributed by atoms with Crippen molar-refractivity contribution in [3.8, 4) is 0 Å². The summed E-state index contributed by atoms with van der Waals surface area (Å²) in [6, 6.07) is 7.24. The number of carbonyl (C=O) groups excluding carboxylic acids is 3. The average Bonchev–Trinajstić information content (AvgIpc) is 2.73. The molecule has 166 valence electrons. The Labute approximate surface area is 180 Å². The number of hydrogen-bond donors (Lipinski definition) is 3. The molecule has 1 aromatic carbocycles. The Morgan fingerprint density at radius 2 is 1.73 bits per heavy atom. The third kappa shape index (κ3) is 7.04. The molecule has 4 amide bonds. The van der Waals surface area contributed by atoms with E-state index in [0.29, 0.717) is 31.6 Å². The lowest BCUT2D eigenvalue weighted by Crippen LogP contribution is -2.46. The van der Waals surface area contributed by atoms with Crippen molar-refractivity contribution in [3.05, 3.63) is 35.4 Å². The summed E-state index contributed by atoms with van der Waals surface area (Å²) in [6.45, 7) is 9.58. The van der Waals surface area contributed by atoms with Crippen LogP contribution in [0.1, 0.15) is 69.3 Å². The summed E-state index contributed by atoms with van der Waals surface area (Å²) in [7, 11) is 0. The molecule has 7 nitrogen and oxygen atoms in total. The van der Waals surface area contributed by atoms with E-state index in [9.17, 15) is 14.4 Å². The van der Waals surface area contributed by atoms with Gasteiger partial charge in [0.15, 0.2) is 0 Å². The van der Waals surface area contributed by atoms with Gasteiger partial charge in [-0.2, -0.15) is 0 Å². The van der Waals surface area contributed by atoms with Crippen LogP contribution in [-0.4, -0.2) is 47.9 Å². The summed E-state index contributed by atoms with van der Waals surface area (Å²) in [6.07, 6.45) is 3.37. The zero-order valence-electron chi connectivity index (χ0n) is 18.7. The Morgan fingerprint density at radius 3 is 2.33 bits per heavy atom. The lowest BCUT2D eigenvalue weighted by atomic mass is 9.85. The second-order valence-electron chi connectivity index (χ2n) is 8.23.